The van der Waals surface area contributed by atoms with Gasteiger partial charge in [0.15, 0.2) is 13.2 Å². The molecule has 0 heterocycles. The zero-order valence-electron chi connectivity index (χ0n) is 26.7. The maximum Gasteiger partial charge on any atom is 0.500 e. The predicted molar refractivity (Wildman–Crippen MR) is 154 cm³/mol. The average molecular weight is 707 g/mol. The fourth-order valence-corrected chi connectivity index (χ4v) is 9.08. The molecule has 0 aromatic carbocycles. The Bertz CT molecular complexity index is 754. The first-order valence-corrected chi connectivity index (χ1v) is 18.7. The van der Waals surface area contributed by atoms with Crippen LogP contribution in [0.3, 0.4) is 0 Å². The highest BCUT2D eigenvalue weighted by atomic mass is 28.4. The van der Waals surface area contributed by atoms with Crippen molar-refractivity contribution in [1.29, 1.82) is 0 Å². The molecular weight excluding hydrogens is 658 g/mol. The Morgan fingerprint density at radius 1 is 0.533 bits per heavy atom. The fraction of sp³-hybridized carbons (Fsp3) is 0.920. The maximum atomic E-state index is 14.2. The third-order valence-corrected chi connectivity index (χ3v) is 12.0. The van der Waals surface area contributed by atoms with Crippen LogP contribution in [-0.4, -0.2) is 114 Å². The lowest BCUT2D eigenvalue weighted by Gasteiger charge is -2.32. The number of alkyl halides is 6. The zero-order valence-corrected chi connectivity index (χ0v) is 28.7. The molecule has 268 valence electrons. The number of hydrogen-bond donors (Lipinski definition) is 2. The van der Waals surface area contributed by atoms with Gasteiger partial charge in [-0.25, -0.2) is 9.59 Å². The lowest BCUT2D eigenvalue weighted by Crippen LogP contribution is -2.58. The van der Waals surface area contributed by atoms with Gasteiger partial charge in [-0.2, -0.15) is 26.3 Å². The number of nitrogens with one attached hydrogen (secondary N) is 2. The molecule has 45 heavy (non-hydrogen) atoms. The van der Waals surface area contributed by atoms with Crippen molar-refractivity contribution in [3.8, 4) is 0 Å². The normalized spacial score (nSPS) is 13.1. The highest BCUT2D eigenvalue weighted by molar-refractivity contribution is 6.61. The molecule has 0 saturated heterocycles. The molecule has 2 amide bonds. The number of amides is 2. The summed E-state index contributed by atoms with van der Waals surface area (Å²) >= 11 is 0. The van der Waals surface area contributed by atoms with Crippen LogP contribution in [0.1, 0.15) is 54.4 Å². The van der Waals surface area contributed by atoms with Gasteiger partial charge in [-0.3, -0.25) is 0 Å². The number of ether oxygens (including phenoxy) is 2. The first-order chi connectivity index (χ1) is 21.1. The van der Waals surface area contributed by atoms with Crippen LogP contribution in [0, 0.1) is 0 Å². The van der Waals surface area contributed by atoms with Gasteiger partial charge in [-0.1, -0.05) is 0 Å². The van der Waals surface area contributed by atoms with Crippen LogP contribution >= 0.6 is 0 Å². The molecule has 0 bridgehead atoms. The topological polar surface area (TPSA) is 132 Å². The largest absolute Gasteiger partial charge is 0.500 e. The number of rotatable bonds is 26. The van der Waals surface area contributed by atoms with Gasteiger partial charge in [0.05, 0.1) is 0 Å². The zero-order chi connectivity index (χ0) is 34.6. The second kappa shape index (κ2) is 21.2. The number of carbonyl (C=O) groups is 2. The third-order valence-electron chi connectivity index (χ3n) is 5.73. The van der Waals surface area contributed by atoms with E-state index in [1.165, 1.54) is 0 Å². The van der Waals surface area contributed by atoms with Crippen molar-refractivity contribution >= 4 is 29.8 Å². The Morgan fingerprint density at radius 2 is 0.800 bits per heavy atom. The first kappa shape index (κ1) is 43.3. The molecule has 0 radical (unpaired) electrons. The van der Waals surface area contributed by atoms with E-state index in [1.54, 1.807) is 41.5 Å². The number of halogens is 6. The molecule has 0 rings (SSSR count). The number of carbonyl (C=O) groups excluding carboxylic acids is 2. The summed E-state index contributed by atoms with van der Waals surface area (Å²) in [5.74, 6) is -17.1. The van der Waals surface area contributed by atoms with Gasteiger partial charge in [0.1, 0.15) is 0 Å². The standard InChI is InChI=1S/C25H48F6N2O10Si2/c1-7-38-44(39-8-2,40-9-3)17-13-15-32-21(34)36-19-23(26,27)25(30,31)24(28,29)20-37-22(35)33-16-14-18-45(41-10-4,42-11-5)43-12-6/h7-20H2,1-6H3,(H,32,34)(H,33,35). The van der Waals surface area contributed by atoms with E-state index in [1.807, 2.05) is 0 Å². The molecule has 0 aliphatic heterocycles. The van der Waals surface area contributed by atoms with Crippen LogP contribution < -0.4 is 10.6 Å². The molecule has 20 heteroatoms. The van der Waals surface area contributed by atoms with Crippen molar-refractivity contribution in [3.05, 3.63) is 0 Å². The van der Waals surface area contributed by atoms with E-state index in [9.17, 15) is 35.9 Å². The molecule has 12 nitrogen and oxygen atoms in total. The van der Waals surface area contributed by atoms with Gasteiger partial charge in [-0.05, 0) is 54.4 Å². The quantitative estimate of drug-likeness (QED) is 0.0701. The lowest BCUT2D eigenvalue weighted by molar-refractivity contribution is -0.322. The van der Waals surface area contributed by atoms with Crippen LogP contribution in [0.4, 0.5) is 35.9 Å². The maximum absolute atomic E-state index is 14.2. The molecule has 0 aliphatic carbocycles. The third kappa shape index (κ3) is 14.7. The molecule has 0 aromatic rings. The smallest absolute Gasteiger partial charge is 0.443 e. The summed E-state index contributed by atoms with van der Waals surface area (Å²) in [7, 11) is -6.11. The minimum absolute atomic E-state index is 0.159. The van der Waals surface area contributed by atoms with E-state index in [2.05, 4.69) is 20.1 Å². The molecule has 0 unspecified atom stereocenters. The Morgan fingerprint density at radius 3 is 1.04 bits per heavy atom. The van der Waals surface area contributed by atoms with E-state index in [0.29, 0.717) is 39.6 Å². The highest BCUT2D eigenvalue weighted by Gasteiger charge is 2.72. The Balaban J connectivity index is 4.84. The van der Waals surface area contributed by atoms with E-state index in [0.717, 1.165) is 0 Å². The molecule has 0 aromatic heterocycles. The lowest BCUT2D eigenvalue weighted by atomic mass is 10.1. The summed E-state index contributed by atoms with van der Waals surface area (Å²) in [5.41, 5.74) is 0. The second-order valence-corrected chi connectivity index (χ2v) is 14.6. The number of hydrogen-bond acceptors (Lipinski definition) is 10. The van der Waals surface area contributed by atoms with Gasteiger partial charge in [0.25, 0.3) is 0 Å². The average Bonchev–Trinajstić information content (AvgIpc) is 2.96. The van der Waals surface area contributed by atoms with Gasteiger partial charge < -0.3 is 46.7 Å². The molecule has 0 atom stereocenters. The summed E-state index contributed by atoms with van der Waals surface area (Å²) < 4.78 is 127. The SMILES string of the molecule is CCO[Si](CCCNC(=O)OCC(F)(F)C(F)(F)C(F)(F)COC(=O)NCCC[Si](OCC)(OCC)OCC)(OCC)OCC. The fourth-order valence-electron chi connectivity index (χ4n) is 3.86. The Hall–Kier alpha value is -1.69. The summed E-state index contributed by atoms with van der Waals surface area (Å²) in [6.45, 7) is 7.15. The molecular formula is C25H48F6N2O10Si2. The predicted octanol–water partition coefficient (Wildman–Crippen LogP) is 5.22. The van der Waals surface area contributed by atoms with Gasteiger partial charge in [-0.15, -0.1) is 0 Å². The van der Waals surface area contributed by atoms with Crippen LogP contribution in [0.5, 0.6) is 0 Å². The Kier molecular flexibility index (Phi) is 20.4. The highest BCUT2D eigenvalue weighted by Crippen LogP contribution is 2.46. The monoisotopic (exact) mass is 706 g/mol. The van der Waals surface area contributed by atoms with E-state index >= 15 is 0 Å². The molecule has 0 aliphatic rings. The minimum Gasteiger partial charge on any atom is -0.443 e. The van der Waals surface area contributed by atoms with Gasteiger partial charge >= 0.3 is 47.6 Å². The van der Waals surface area contributed by atoms with Crippen LogP contribution in [-0.2, 0) is 36.0 Å². The first-order valence-electron chi connectivity index (χ1n) is 14.8. The summed E-state index contributed by atoms with van der Waals surface area (Å²) in [5, 5.41) is 4.14. The van der Waals surface area contributed by atoms with E-state index in [-0.39, 0.29) is 38.0 Å². The summed E-state index contributed by atoms with van der Waals surface area (Å²) in [6, 6.07) is 0.486. The number of alkyl carbamates (subject to hydrolysis) is 2. The van der Waals surface area contributed by atoms with Crippen molar-refractivity contribution in [2.24, 2.45) is 0 Å². The minimum atomic E-state index is -6.05. The molecule has 0 spiro atoms. The Labute approximate surface area is 262 Å². The van der Waals surface area contributed by atoms with Crippen LogP contribution in [0.2, 0.25) is 12.1 Å². The van der Waals surface area contributed by atoms with Gasteiger partial charge in [0, 0.05) is 64.8 Å². The van der Waals surface area contributed by atoms with Crippen molar-refractivity contribution in [2.75, 3.05) is 65.9 Å². The van der Waals surface area contributed by atoms with E-state index < -0.39 is 60.8 Å². The molecule has 0 saturated carbocycles. The van der Waals surface area contributed by atoms with E-state index in [4.69, 9.17) is 26.6 Å². The van der Waals surface area contributed by atoms with Crippen LogP contribution in [0.15, 0.2) is 0 Å². The summed E-state index contributed by atoms with van der Waals surface area (Å²) in [6.07, 6.45) is -2.68. The molecule has 2 N–H and O–H groups in total. The van der Waals surface area contributed by atoms with Crippen molar-refractivity contribution in [1.82, 2.24) is 10.6 Å². The summed E-state index contributed by atoms with van der Waals surface area (Å²) in [4.78, 5) is 23.6. The molecule has 0 fully saturated rings. The van der Waals surface area contributed by atoms with Crippen molar-refractivity contribution in [2.45, 2.75) is 84.2 Å². The van der Waals surface area contributed by atoms with Gasteiger partial charge in [0.2, 0.25) is 0 Å². The van der Waals surface area contributed by atoms with Crippen molar-refractivity contribution in [3.63, 3.8) is 0 Å². The van der Waals surface area contributed by atoms with Crippen molar-refractivity contribution < 1.29 is 72.0 Å². The second-order valence-electron chi connectivity index (χ2n) is 9.16. The van der Waals surface area contributed by atoms with Crippen LogP contribution in [0.25, 0.3) is 0 Å².